The molecule has 0 saturated heterocycles. The first-order valence-corrected chi connectivity index (χ1v) is 6.48. The molecule has 3 atom stereocenters. The predicted octanol–water partition coefficient (Wildman–Crippen LogP) is 2.09. The molecule has 1 aliphatic carbocycles. The Morgan fingerprint density at radius 2 is 2.11 bits per heavy atom. The standard InChI is InChI=1S/C12H18F3N3O/c1-18-7-8(16-17-18)6-11(19)9-4-2-3-5-10(9)12(13,14)15/h7,9-11,19H,2-6H2,1H3. The highest BCUT2D eigenvalue weighted by molar-refractivity contribution is 4.97. The third-order valence-corrected chi connectivity index (χ3v) is 3.80. The van der Waals surface area contributed by atoms with E-state index in [4.69, 9.17) is 0 Å². The topological polar surface area (TPSA) is 50.9 Å². The molecule has 3 unspecified atom stereocenters. The molecule has 1 aliphatic rings. The average molecular weight is 277 g/mol. The second-order valence-corrected chi connectivity index (χ2v) is 5.25. The van der Waals surface area contributed by atoms with Crippen LogP contribution in [0.2, 0.25) is 0 Å². The average Bonchev–Trinajstić information content (AvgIpc) is 2.73. The quantitative estimate of drug-likeness (QED) is 0.920. The van der Waals surface area contributed by atoms with Crippen LogP contribution in [0.5, 0.6) is 0 Å². The summed E-state index contributed by atoms with van der Waals surface area (Å²) < 4.78 is 40.3. The van der Waals surface area contributed by atoms with E-state index in [9.17, 15) is 18.3 Å². The fourth-order valence-electron chi connectivity index (χ4n) is 2.88. The Labute approximate surface area is 109 Å². The number of aryl methyl sites for hydroxylation is 1. The van der Waals surface area contributed by atoms with E-state index in [-0.39, 0.29) is 12.8 Å². The molecule has 4 nitrogen and oxygen atoms in total. The molecule has 0 bridgehead atoms. The van der Waals surface area contributed by atoms with Gasteiger partial charge in [-0.15, -0.1) is 5.10 Å². The summed E-state index contributed by atoms with van der Waals surface area (Å²) in [6.45, 7) is 0. The minimum Gasteiger partial charge on any atom is -0.392 e. The summed E-state index contributed by atoms with van der Waals surface area (Å²) in [6.07, 6.45) is -1.62. The molecule has 1 fully saturated rings. The number of nitrogens with zero attached hydrogens (tertiary/aromatic N) is 3. The molecule has 0 amide bonds. The van der Waals surface area contributed by atoms with Crippen molar-refractivity contribution in [3.05, 3.63) is 11.9 Å². The van der Waals surface area contributed by atoms with Crippen LogP contribution < -0.4 is 0 Å². The number of aliphatic hydroxyl groups excluding tert-OH is 1. The lowest BCUT2D eigenvalue weighted by molar-refractivity contribution is -0.206. The van der Waals surface area contributed by atoms with E-state index >= 15 is 0 Å². The maximum absolute atomic E-state index is 13.0. The van der Waals surface area contributed by atoms with Crippen LogP contribution in [-0.4, -0.2) is 32.4 Å². The number of aromatic nitrogens is 3. The highest BCUT2D eigenvalue weighted by atomic mass is 19.4. The Morgan fingerprint density at radius 1 is 1.42 bits per heavy atom. The second-order valence-electron chi connectivity index (χ2n) is 5.25. The first-order chi connectivity index (χ1) is 8.88. The number of alkyl halides is 3. The van der Waals surface area contributed by atoms with Crippen LogP contribution in [0.4, 0.5) is 13.2 Å². The van der Waals surface area contributed by atoms with Gasteiger partial charge in [0.25, 0.3) is 0 Å². The van der Waals surface area contributed by atoms with Crippen molar-refractivity contribution in [2.45, 2.75) is 44.4 Å². The van der Waals surface area contributed by atoms with Gasteiger partial charge in [-0.25, -0.2) is 0 Å². The van der Waals surface area contributed by atoms with Gasteiger partial charge in [0.2, 0.25) is 0 Å². The lowest BCUT2D eigenvalue weighted by Gasteiger charge is -2.35. The van der Waals surface area contributed by atoms with E-state index in [2.05, 4.69) is 10.3 Å². The zero-order chi connectivity index (χ0) is 14.0. The van der Waals surface area contributed by atoms with E-state index in [0.29, 0.717) is 18.5 Å². The first kappa shape index (κ1) is 14.3. The molecular formula is C12H18F3N3O. The van der Waals surface area contributed by atoms with Crippen molar-refractivity contribution in [2.75, 3.05) is 0 Å². The maximum atomic E-state index is 13.0. The number of hydrogen-bond donors (Lipinski definition) is 1. The fourth-order valence-corrected chi connectivity index (χ4v) is 2.88. The van der Waals surface area contributed by atoms with Crippen LogP contribution in [0.15, 0.2) is 6.20 Å². The zero-order valence-electron chi connectivity index (χ0n) is 10.8. The lowest BCUT2D eigenvalue weighted by Crippen LogP contribution is -2.40. The maximum Gasteiger partial charge on any atom is 0.392 e. The third-order valence-electron chi connectivity index (χ3n) is 3.80. The Bertz CT molecular complexity index is 419. The SMILES string of the molecule is Cn1cc(CC(O)C2CCCCC2C(F)(F)F)nn1. The Hall–Kier alpha value is -1.11. The predicted molar refractivity (Wildman–Crippen MR) is 62.2 cm³/mol. The van der Waals surface area contributed by atoms with Gasteiger partial charge in [0.15, 0.2) is 0 Å². The largest absolute Gasteiger partial charge is 0.392 e. The zero-order valence-corrected chi connectivity index (χ0v) is 10.8. The summed E-state index contributed by atoms with van der Waals surface area (Å²) in [6, 6.07) is 0. The molecule has 0 radical (unpaired) electrons. The highest BCUT2D eigenvalue weighted by Crippen LogP contribution is 2.43. The van der Waals surface area contributed by atoms with Crippen LogP contribution in [0.1, 0.15) is 31.4 Å². The molecule has 1 aromatic rings. The molecule has 1 saturated carbocycles. The molecule has 7 heteroatoms. The van der Waals surface area contributed by atoms with E-state index in [1.54, 1.807) is 13.2 Å². The molecule has 1 N–H and O–H groups in total. The van der Waals surface area contributed by atoms with Crippen molar-refractivity contribution in [3.63, 3.8) is 0 Å². The van der Waals surface area contributed by atoms with Gasteiger partial charge in [-0.1, -0.05) is 18.1 Å². The van der Waals surface area contributed by atoms with Gasteiger partial charge in [-0.3, -0.25) is 4.68 Å². The van der Waals surface area contributed by atoms with Crippen LogP contribution in [-0.2, 0) is 13.5 Å². The Morgan fingerprint density at radius 3 is 2.68 bits per heavy atom. The van der Waals surface area contributed by atoms with Crippen LogP contribution in [0.25, 0.3) is 0 Å². The van der Waals surface area contributed by atoms with E-state index in [0.717, 1.165) is 6.42 Å². The summed E-state index contributed by atoms with van der Waals surface area (Å²) in [7, 11) is 1.68. The van der Waals surface area contributed by atoms with Crippen LogP contribution in [0, 0.1) is 11.8 Å². The molecule has 1 heterocycles. The van der Waals surface area contributed by atoms with Gasteiger partial charge < -0.3 is 5.11 Å². The van der Waals surface area contributed by atoms with Crippen molar-refractivity contribution >= 4 is 0 Å². The molecule has 19 heavy (non-hydrogen) atoms. The van der Waals surface area contributed by atoms with Crippen LogP contribution >= 0.6 is 0 Å². The summed E-state index contributed by atoms with van der Waals surface area (Å²) >= 11 is 0. The number of hydrogen-bond acceptors (Lipinski definition) is 3. The van der Waals surface area contributed by atoms with Gasteiger partial charge >= 0.3 is 6.18 Å². The van der Waals surface area contributed by atoms with E-state index < -0.39 is 24.1 Å². The molecule has 2 rings (SSSR count). The van der Waals surface area contributed by atoms with Crippen molar-refractivity contribution in [3.8, 4) is 0 Å². The summed E-state index contributed by atoms with van der Waals surface area (Å²) in [4.78, 5) is 0. The number of rotatable bonds is 3. The second kappa shape index (κ2) is 5.48. The molecule has 108 valence electrons. The van der Waals surface area contributed by atoms with Gasteiger partial charge in [0.05, 0.1) is 17.7 Å². The molecular weight excluding hydrogens is 259 g/mol. The minimum absolute atomic E-state index is 0.117. The van der Waals surface area contributed by atoms with Crippen molar-refractivity contribution < 1.29 is 18.3 Å². The van der Waals surface area contributed by atoms with Crippen molar-refractivity contribution in [2.24, 2.45) is 18.9 Å². The summed E-state index contributed by atoms with van der Waals surface area (Å²) in [5, 5.41) is 17.6. The van der Waals surface area contributed by atoms with Crippen molar-refractivity contribution in [1.82, 2.24) is 15.0 Å². The third kappa shape index (κ3) is 3.46. The van der Waals surface area contributed by atoms with Gasteiger partial charge in [-0.2, -0.15) is 13.2 Å². The normalized spacial score (nSPS) is 26.4. The van der Waals surface area contributed by atoms with Crippen molar-refractivity contribution in [1.29, 1.82) is 0 Å². The first-order valence-electron chi connectivity index (χ1n) is 6.48. The van der Waals surface area contributed by atoms with E-state index in [1.165, 1.54) is 4.68 Å². The monoisotopic (exact) mass is 277 g/mol. The summed E-state index contributed by atoms with van der Waals surface area (Å²) in [5.74, 6) is -2.12. The number of aliphatic hydroxyl groups is 1. The van der Waals surface area contributed by atoms with Crippen LogP contribution in [0.3, 0.4) is 0 Å². The molecule has 1 aromatic heterocycles. The smallest absolute Gasteiger partial charge is 0.392 e. The van der Waals surface area contributed by atoms with E-state index in [1.807, 2.05) is 0 Å². The highest BCUT2D eigenvalue weighted by Gasteiger charge is 2.47. The number of halogens is 3. The van der Waals surface area contributed by atoms with Gasteiger partial charge in [-0.05, 0) is 18.8 Å². The molecule has 0 aromatic carbocycles. The lowest BCUT2D eigenvalue weighted by atomic mass is 9.75. The van der Waals surface area contributed by atoms with Gasteiger partial charge in [0, 0.05) is 19.7 Å². The minimum atomic E-state index is -4.23. The molecule has 0 aliphatic heterocycles. The Kier molecular flexibility index (Phi) is 4.13. The van der Waals surface area contributed by atoms with Gasteiger partial charge in [0.1, 0.15) is 0 Å². The Balaban J connectivity index is 2.05. The summed E-state index contributed by atoms with van der Waals surface area (Å²) in [5.41, 5.74) is 0.529. The fraction of sp³-hybridized carbons (Fsp3) is 0.833. The molecule has 0 spiro atoms.